The maximum absolute atomic E-state index is 11.2. The molecule has 0 saturated heterocycles. The average Bonchev–Trinajstić information content (AvgIpc) is 2.50. The Bertz CT molecular complexity index is 570. The number of methoxy groups -OCH3 is 1. The maximum atomic E-state index is 11.2. The Balaban J connectivity index is 2.85. The highest BCUT2D eigenvalue weighted by molar-refractivity contribution is 5.99. The molecule has 1 amide bonds. The van der Waals surface area contributed by atoms with E-state index in [2.05, 4.69) is 15.3 Å². The second-order valence-electron chi connectivity index (χ2n) is 4.08. The van der Waals surface area contributed by atoms with Crippen LogP contribution in [0.25, 0.3) is 0 Å². The monoisotopic (exact) mass is 310 g/mol. The van der Waals surface area contributed by atoms with Crippen LogP contribution in [0.4, 0.5) is 4.79 Å². The molecule has 22 heavy (non-hydrogen) atoms. The fourth-order valence-corrected chi connectivity index (χ4v) is 1.51. The molecule has 0 atom stereocenters. The molecule has 8 nitrogen and oxygen atoms in total. The quantitative estimate of drug-likeness (QED) is 0.585. The summed E-state index contributed by atoms with van der Waals surface area (Å²) in [6.45, 7) is 3.17. The van der Waals surface area contributed by atoms with Gasteiger partial charge in [-0.15, -0.1) is 0 Å². The molecule has 0 aliphatic rings. The standard InChI is InChI=1S/C14H18N2O6/c1-4-21-14(19)16-15-9(2)10-5-6-11(12(7-10)20-3)22-8-13(17)18/h5-7H,4,8H2,1-3H3,(H,16,19)(H,17,18). The first-order valence-electron chi connectivity index (χ1n) is 6.48. The number of carboxylic acid groups (broad SMARTS) is 1. The van der Waals surface area contributed by atoms with Crippen molar-refractivity contribution in [3.8, 4) is 11.5 Å². The van der Waals surface area contributed by atoms with Gasteiger partial charge in [-0.05, 0) is 32.0 Å². The molecule has 0 spiro atoms. The van der Waals surface area contributed by atoms with Gasteiger partial charge in [0.2, 0.25) is 0 Å². The molecule has 8 heteroatoms. The van der Waals surface area contributed by atoms with Crippen LogP contribution < -0.4 is 14.9 Å². The number of nitrogens with zero attached hydrogens (tertiary/aromatic N) is 1. The van der Waals surface area contributed by atoms with Crippen molar-refractivity contribution in [2.75, 3.05) is 20.3 Å². The van der Waals surface area contributed by atoms with Crippen LogP contribution in [-0.4, -0.2) is 43.2 Å². The fourth-order valence-electron chi connectivity index (χ4n) is 1.51. The van der Waals surface area contributed by atoms with Gasteiger partial charge in [0.1, 0.15) is 0 Å². The van der Waals surface area contributed by atoms with E-state index in [4.69, 9.17) is 14.6 Å². The summed E-state index contributed by atoms with van der Waals surface area (Å²) in [5, 5.41) is 12.5. The summed E-state index contributed by atoms with van der Waals surface area (Å²) in [7, 11) is 1.44. The number of ether oxygens (including phenoxy) is 3. The van der Waals surface area contributed by atoms with Gasteiger partial charge >= 0.3 is 12.1 Å². The number of carbonyl (C=O) groups is 2. The first-order valence-corrected chi connectivity index (χ1v) is 6.48. The lowest BCUT2D eigenvalue weighted by molar-refractivity contribution is -0.139. The van der Waals surface area contributed by atoms with Crippen LogP contribution in [0, 0.1) is 0 Å². The van der Waals surface area contributed by atoms with E-state index in [1.807, 2.05) is 0 Å². The molecule has 0 radical (unpaired) electrons. The number of hydrazone groups is 1. The Labute approximate surface area is 127 Å². The lowest BCUT2D eigenvalue weighted by Crippen LogP contribution is -2.20. The Morgan fingerprint density at radius 2 is 2.05 bits per heavy atom. The van der Waals surface area contributed by atoms with E-state index in [-0.39, 0.29) is 6.61 Å². The molecular formula is C14H18N2O6. The number of carboxylic acids is 1. The minimum atomic E-state index is -1.08. The Kier molecular flexibility index (Phi) is 6.68. The zero-order chi connectivity index (χ0) is 16.5. The highest BCUT2D eigenvalue weighted by atomic mass is 16.6. The topological polar surface area (TPSA) is 106 Å². The number of hydrogen-bond donors (Lipinski definition) is 2. The molecule has 2 N–H and O–H groups in total. The molecule has 0 bridgehead atoms. The summed E-state index contributed by atoms with van der Waals surface area (Å²) in [4.78, 5) is 21.7. The molecule has 1 rings (SSSR count). The van der Waals surface area contributed by atoms with Crippen molar-refractivity contribution in [2.24, 2.45) is 5.10 Å². The molecule has 0 aliphatic heterocycles. The third-order valence-electron chi connectivity index (χ3n) is 2.52. The van der Waals surface area contributed by atoms with Gasteiger partial charge in [0.15, 0.2) is 18.1 Å². The molecule has 0 saturated carbocycles. The summed E-state index contributed by atoms with van der Waals surface area (Å²) < 4.78 is 14.9. The molecule has 1 aromatic carbocycles. The molecule has 0 heterocycles. The highest BCUT2D eigenvalue weighted by Crippen LogP contribution is 2.28. The molecular weight excluding hydrogens is 292 g/mol. The number of hydrogen-bond acceptors (Lipinski definition) is 6. The predicted octanol–water partition coefficient (Wildman–Crippen LogP) is 1.63. The summed E-state index contributed by atoms with van der Waals surface area (Å²) in [5.74, 6) is -0.410. The number of carbonyl (C=O) groups excluding carboxylic acids is 1. The average molecular weight is 310 g/mol. The van der Waals surface area contributed by atoms with E-state index in [1.54, 1.807) is 32.0 Å². The molecule has 0 aliphatic carbocycles. The van der Waals surface area contributed by atoms with Crippen LogP contribution in [0.3, 0.4) is 0 Å². The zero-order valence-corrected chi connectivity index (χ0v) is 12.6. The van der Waals surface area contributed by atoms with Crippen LogP contribution in [-0.2, 0) is 9.53 Å². The van der Waals surface area contributed by atoms with Crippen molar-refractivity contribution < 1.29 is 28.9 Å². The summed E-state index contributed by atoms with van der Waals surface area (Å²) in [6, 6.07) is 4.87. The second-order valence-corrected chi connectivity index (χ2v) is 4.08. The van der Waals surface area contributed by atoms with Crippen molar-refractivity contribution in [1.82, 2.24) is 5.43 Å². The third-order valence-corrected chi connectivity index (χ3v) is 2.52. The second kappa shape index (κ2) is 8.50. The van der Waals surface area contributed by atoms with Crippen LogP contribution in [0.5, 0.6) is 11.5 Å². The lowest BCUT2D eigenvalue weighted by Gasteiger charge is -2.11. The van der Waals surface area contributed by atoms with E-state index < -0.39 is 18.7 Å². The van der Waals surface area contributed by atoms with Gasteiger partial charge in [-0.25, -0.2) is 15.0 Å². The molecule has 1 aromatic rings. The van der Waals surface area contributed by atoms with Crippen molar-refractivity contribution in [1.29, 1.82) is 0 Å². The minimum absolute atomic E-state index is 0.254. The fraction of sp³-hybridized carbons (Fsp3) is 0.357. The van der Waals surface area contributed by atoms with E-state index in [1.165, 1.54) is 7.11 Å². The maximum Gasteiger partial charge on any atom is 0.427 e. The van der Waals surface area contributed by atoms with Gasteiger partial charge in [0.05, 0.1) is 19.4 Å². The Morgan fingerprint density at radius 1 is 1.32 bits per heavy atom. The minimum Gasteiger partial charge on any atom is -0.493 e. The van der Waals surface area contributed by atoms with Crippen molar-refractivity contribution in [2.45, 2.75) is 13.8 Å². The van der Waals surface area contributed by atoms with Crippen LogP contribution in [0.15, 0.2) is 23.3 Å². The van der Waals surface area contributed by atoms with Gasteiger partial charge < -0.3 is 19.3 Å². The number of rotatable bonds is 7. The molecule has 0 aromatic heterocycles. The first-order chi connectivity index (χ1) is 10.5. The Morgan fingerprint density at radius 3 is 2.64 bits per heavy atom. The van der Waals surface area contributed by atoms with Crippen LogP contribution in [0.2, 0.25) is 0 Å². The molecule has 0 fully saturated rings. The van der Waals surface area contributed by atoms with Gasteiger partial charge in [0, 0.05) is 5.56 Å². The molecule has 120 valence electrons. The van der Waals surface area contributed by atoms with E-state index in [9.17, 15) is 9.59 Å². The summed E-state index contributed by atoms with van der Waals surface area (Å²) >= 11 is 0. The third kappa shape index (κ3) is 5.31. The number of nitrogens with one attached hydrogen (secondary N) is 1. The highest BCUT2D eigenvalue weighted by Gasteiger charge is 2.09. The van der Waals surface area contributed by atoms with Crippen LogP contribution in [0.1, 0.15) is 19.4 Å². The van der Waals surface area contributed by atoms with Gasteiger partial charge in [0.25, 0.3) is 0 Å². The van der Waals surface area contributed by atoms with E-state index in [0.717, 1.165) is 0 Å². The van der Waals surface area contributed by atoms with Gasteiger partial charge in [-0.1, -0.05) is 0 Å². The lowest BCUT2D eigenvalue weighted by atomic mass is 10.1. The van der Waals surface area contributed by atoms with Crippen LogP contribution >= 0.6 is 0 Å². The van der Waals surface area contributed by atoms with Gasteiger partial charge in [-0.3, -0.25) is 0 Å². The van der Waals surface area contributed by atoms with E-state index >= 15 is 0 Å². The van der Waals surface area contributed by atoms with Crippen molar-refractivity contribution >= 4 is 17.8 Å². The SMILES string of the molecule is CCOC(=O)NN=C(C)c1ccc(OCC(=O)O)c(OC)c1. The summed E-state index contributed by atoms with van der Waals surface area (Å²) in [6.07, 6.45) is -0.643. The first kappa shape index (κ1) is 17.3. The predicted molar refractivity (Wildman–Crippen MR) is 78.5 cm³/mol. The van der Waals surface area contributed by atoms with Crippen molar-refractivity contribution in [3.05, 3.63) is 23.8 Å². The largest absolute Gasteiger partial charge is 0.493 e. The number of amides is 1. The smallest absolute Gasteiger partial charge is 0.427 e. The normalized spacial score (nSPS) is 10.8. The number of aliphatic carboxylic acids is 1. The van der Waals surface area contributed by atoms with Gasteiger partial charge in [-0.2, -0.15) is 5.10 Å². The zero-order valence-electron chi connectivity index (χ0n) is 12.6. The molecule has 0 unspecified atom stereocenters. The number of benzene rings is 1. The van der Waals surface area contributed by atoms with E-state index in [0.29, 0.717) is 22.8 Å². The summed E-state index contributed by atoms with van der Waals surface area (Å²) in [5.41, 5.74) is 3.45. The van der Waals surface area contributed by atoms with Crippen molar-refractivity contribution in [3.63, 3.8) is 0 Å². The Hall–Kier alpha value is -2.77.